The van der Waals surface area contributed by atoms with Gasteiger partial charge >= 0.3 is 0 Å². The molecule has 0 fully saturated rings. The minimum atomic E-state index is -2.72. The van der Waals surface area contributed by atoms with E-state index in [1.165, 1.54) is 17.0 Å². The number of carbonyl (C=O) groups excluding carboxylic acids is 1. The van der Waals surface area contributed by atoms with Crippen molar-refractivity contribution >= 4 is 22.6 Å². The zero-order chi connectivity index (χ0) is 21.3. The Morgan fingerprint density at radius 3 is 2.73 bits per heavy atom. The fraction of sp³-hybridized carbons (Fsp3) is 0.227. The van der Waals surface area contributed by atoms with Crippen molar-refractivity contribution in [3.05, 3.63) is 65.5 Å². The lowest BCUT2D eigenvalue weighted by Gasteiger charge is -2.10. The number of amides is 1. The number of nitrogens with one attached hydrogen (secondary N) is 1. The Bertz CT molecular complexity index is 1200. The SMILES string of the molecule is CCc1ccccc1NC(=O)Cn1nc(C)c2c(C(F)F)cc(-c3ccco3)nc21. The van der Waals surface area contributed by atoms with Crippen molar-refractivity contribution in [3.8, 4) is 11.5 Å². The van der Waals surface area contributed by atoms with E-state index >= 15 is 0 Å². The molecule has 1 N–H and O–H groups in total. The normalized spacial score (nSPS) is 11.4. The van der Waals surface area contributed by atoms with Crippen LogP contribution < -0.4 is 5.32 Å². The molecule has 30 heavy (non-hydrogen) atoms. The predicted octanol–water partition coefficient (Wildman–Crippen LogP) is 5.14. The van der Waals surface area contributed by atoms with E-state index in [1.54, 1.807) is 19.1 Å². The fourth-order valence-electron chi connectivity index (χ4n) is 3.50. The van der Waals surface area contributed by atoms with Crippen molar-refractivity contribution < 1.29 is 18.0 Å². The summed E-state index contributed by atoms with van der Waals surface area (Å²) in [6.07, 6.45) is -0.498. The molecule has 0 spiro atoms. The number of hydrogen-bond donors (Lipinski definition) is 1. The second-order valence-electron chi connectivity index (χ2n) is 6.88. The molecule has 1 amide bonds. The Hall–Kier alpha value is -3.55. The van der Waals surface area contributed by atoms with Crippen LogP contribution in [0.15, 0.2) is 53.1 Å². The van der Waals surface area contributed by atoms with E-state index in [0.717, 1.165) is 17.7 Å². The van der Waals surface area contributed by atoms with E-state index in [9.17, 15) is 13.6 Å². The van der Waals surface area contributed by atoms with Crippen LogP contribution in [-0.4, -0.2) is 20.7 Å². The number of para-hydroxylation sites is 1. The maximum atomic E-state index is 13.8. The molecule has 0 saturated heterocycles. The lowest BCUT2D eigenvalue weighted by Crippen LogP contribution is -2.20. The number of aromatic nitrogens is 3. The molecule has 1 aromatic carbocycles. The number of aryl methyl sites for hydroxylation is 2. The van der Waals surface area contributed by atoms with Crippen LogP contribution in [0.5, 0.6) is 0 Å². The summed E-state index contributed by atoms with van der Waals surface area (Å²) < 4.78 is 34.2. The largest absolute Gasteiger partial charge is 0.463 e. The van der Waals surface area contributed by atoms with Crippen LogP contribution in [0.3, 0.4) is 0 Å². The molecule has 6 nitrogen and oxygen atoms in total. The van der Waals surface area contributed by atoms with Crippen LogP contribution >= 0.6 is 0 Å². The maximum absolute atomic E-state index is 13.8. The molecule has 0 radical (unpaired) electrons. The van der Waals surface area contributed by atoms with E-state index in [-0.39, 0.29) is 34.7 Å². The molecule has 0 atom stereocenters. The fourth-order valence-corrected chi connectivity index (χ4v) is 3.50. The molecule has 154 valence electrons. The number of carbonyl (C=O) groups is 1. The van der Waals surface area contributed by atoms with Gasteiger partial charge in [0.15, 0.2) is 11.4 Å². The second kappa shape index (κ2) is 8.06. The van der Waals surface area contributed by atoms with Crippen LogP contribution in [0.25, 0.3) is 22.5 Å². The monoisotopic (exact) mass is 410 g/mol. The van der Waals surface area contributed by atoms with Gasteiger partial charge in [-0.25, -0.2) is 18.4 Å². The molecular formula is C22H20F2N4O2. The predicted molar refractivity (Wildman–Crippen MR) is 109 cm³/mol. The van der Waals surface area contributed by atoms with Gasteiger partial charge in [0.1, 0.15) is 12.2 Å². The van der Waals surface area contributed by atoms with E-state index in [1.807, 2.05) is 31.2 Å². The number of pyridine rings is 1. The van der Waals surface area contributed by atoms with Crippen LogP contribution in [0.4, 0.5) is 14.5 Å². The van der Waals surface area contributed by atoms with Gasteiger partial charge in [0.05, 0.1) is 17.3 Å². The molecule has 0 unspecified atom stereocenters. The standard InChI is InChI=1S/C22H20F2N4O2/c1-3-14-7-4-5-8-16(14)25-19(29)12-28-22-20(13(2)27-28)15(21(23)24)11-17(26-22)18-9-6-10-30-18/h4-11,21H,3,12H2,1-2H3,(H,25,29). The maximum Gasteiger partial charge on any atom is 0.264 e. The molecule has 0 aliphatic heterocycles. The number of alkyl halides is 2. The molecule has 3 aromatic heterocycles. The zero-order valence-electron chi connectivity index (χ0n) is 16.5. The highest BCUT2D eigenvalue weighted by atomic mass is 19.3. The average Bonchev–Trinajstić information content (AvgIpc) is 3.36. The number of nitrogens with zero attached hydrogens (tertiary/aromatic N) is 3. The van der Waals surface area contributed by atoms with E-state index in [2.05, 4.69) is 15.4 Å². The summed E-state index contributed by atoms with van der Waals surface area (Å²) in [5.41, 5.74) is 2.41. The van der Waals surface area contributed by atoms with E-state index in [4.69, 9.17) is 4.42 Å². The van der Waals surface area contributed by atoms with Crippen molar-refractivity contribution in [3.63, 3.8) is 0 Å². The zero-order valence-corrected chi connectivity index (χ0v) is 16.5. The Morgan fingerprint density at radius 1 is 1.23 bits per heavy atom. The lowest BCUT2D eigenvalue weighted by atomic mass is 10.1. The van der Waals surface area contributed by atoms with Crippen molar-refractivity contribution in [1.29, 1.82) is 0 Å². The Morgan fingerprint density at radius 2 is 2.03 bits per heavy atom. The molecule has 4 rings (SSSR count). The highest BCUT2D eigenvalue weighted by molar-refractivity contribution is 5.93. The van der Waals surface area contributed by atoms with Crippen LogP contribution in [0.1, 0.15) is 30.2 Å². The summed E-state index contributed by atoms with van der Waals surface area (Å²) in [4.78, 5) is 17.1. The van der Waals surface area contributed by atoms with Crippen molar-refractivity contribution in [2.75, 3.05) is 5.32 Å². The highest BCUT2D eigenvalue weighted by Crippen LogP contribution is 2.33. The first-order valence-corrected chi connectivity index (χ1v) is 9.55. The summed E-state index contributed by atoms with van der Waals surface area (Å²) >= 11 is 0. The molecule has 0 aliphatic rings. The molecule has 3 heterocycles. The average molecular weight is 410 g/mol. The highest BCUT2D eigenvalue weighted by Gasteiger charge is 2.22. The van der Waals surface area contributed by atoms with Crippen LogP contribution in [-0.2, 0) is 17.8 Å². The van der Waals surface area contributed by atoms with E-state index in [0.29, 0.717) is 11.5 Å². The summed E-state index contributed by atoms with van der Waals surface area (Å²) in [7, 11) is 0. The Balaban J connectivity index is 1.73. The molecule has 0 saturated carbocycles. The van der Waals surface area contributed by atoms with Gasteiger partial charge in [0.2, 0.25) is 5.91 Å². The second-order valence-corrected chi connectivity index (χ2v) is 6.88. The van der Waals surface area contributed by atoms with Gasteiger partial charge in [0.25, 0.3) is 6.43 Å². The number of halogens is 2. The minimum absolute atomic E-state index is 0.153. The third-order valence-corrected chi connectivity index (χ3v) is 4.88. The van der Waals surface area contributed by atoms with Crippen molar-refractivity contribution in [2.24, 2.45) is 0 Å². The molecule has 0 aliphatic carbocycles. The third-order valence-electron chi connectivity index (χ3n) is 4.88. The number of furan rings is 1. The number of anilines is 1. The quantitative estimate of drug-likeness (QED) is 0.478. The van der Waals surface area contributed by atoms with Gasteiger partial charge < -0.3 is 9.73 Å². The van der Waals surface area contributed by atoms with Gasteiger partial charge in [-0.3, -0.25) is 4.79 Å². The molecule has 0 bridgehead atoms. The van der Waals surface area contributed by atoms with Crippen LogP contribution in [0, 0.1) is 6.92 Å². The minimum Gasteiger partial charge on any atom is -0.463 e. The van der Waals surface area contributed by atoms with Gasteiger partial charge in [-0.05, 0) is 43.2 Å². The van der Waals surface area contributed by atoms with E-state index < -0.39 is 6.43 Å². The van der Waals surface area contributed by atoms with Crippen LogP contribution in [0.2, 0.25) is 0 Å². The van der Waals surface area contributed by atoms with Gasteiger partial charge in [-0.15, -0.1) is 0 Å². The summed E-state index contributed by atoms with van der Waals surface area (Å²) in [5.74, 6) is 0.0506. The lowest BCUT2D eigenvalue weighted by molar-refractivity contribution is -0.116. The van der Waals surface area contributed by atoms with Gasteiger partial charge in [-0.2, -0.15) is 5.10 Å². The first-order valence-electron chi connectivity index (χ1n) is 9.55. The third kappa shape index (κ3) is 3.68. The molecular weight excluding hydrogens is 390 g/mol. The number of fused-ring (bicyclic) bond motifs is 1. The Kier molecular flexibility index (Phi) is 5.31. The number of benzene rings is 1. The van der Waals surface area contributed by atoms with Crippen molar-refractivity contribution in [2.45, 2.75) is 33.2 Å². The van der Waals surface area contributed by atoms with Gasteiger partial charge in [-0.1, -0.05) is 25.1 Å². The number of hydrogen-bond acceptors (Lipinski definition) is 4. The van der Waals surface area contributed by atoms with Gasteiger partial charge in [0, 0.05) is 11.3 Å². The molecule has 4 aromatic rings. The molecule has 8 heteroatoms. The summed E-state index contributed by atoms with van der Waals surface area (Å²) in [6, 6.07) is 12.1. The first-order chi connectivity index (χ1) is 14.5. The summed E-state index contributed by atoms with van der Waals surface area (Å²) in [6.45, 7) is 3.48. The first kappa shape index (κ1) is 19.8. The van der Waals surface area contributed by atoms with Crippen molar-refractivity contribution in [1.82, 2.24) is 14.8 Å². The topological polar surface area (TPSA) is 73.0 Å². The number of rotatable bonds is 6. The Labute approximate surface area is 171 Å². The summed E-state index contributed by atoms with van der Waals surface area (Å²) in [5, 5.41) is 7.43. The smallest absolute Gasteiger partial charge is 0.264 e.